The summed E-state index contributed by atoms with van der Waals surface area (Å²) in [4.78, 5) is 28.3. The minimum atomic E-state index is 0.261. The number of likely N-dealkylation sites (N-methyl/N-ethyl adjacent to an activating group) is 1. The predicted octanol–water partition coefficient (Wildman–Crippen LogP) is 1.80. The molecule has 1 unspecified atom stereocenters. The molecule has 1 aliphatic heterocycles. The minimum absolute atomic E-state index is 0.261. The van der Waals surface area contributed by atoms with Gasteiger partial charge in [0.15, 0.2) is 0 Å². The van der Waals surface area contributed by atoms with E-state index in [-0.39, 0.29) is 11.3 Å². The second kappa shape index (κ2) is 4.69. The molecular formula is C16H21N5O. The Morgan fingerprint density at radius 1 is 1.50 bits per heavy atom. The highest BCUT2D eigenvalue weighted by Crippen LogP contribution is 2.55. The Hall–Kier alpha value is -2.11. The molecule has 2 fully saturated rings. The molecular weight excluding hydrogens is 278 g/mol. The van der Waals surface area contributed by atoms with Crippen LogP contribution in [0.4, 0.5) is 5.82 Å². The van der Waals surface area contributed by atoms with Crippen LogP contribution in [0, 0.1) is 5.41 Å². The van der Waals surface area contributed by atoms with E-state index in [1.54, 1.807) is 6.33 Å². The van der Waals surface area contributed by atoms with Gasteiger partial charge in [-0.15, -0.1) is 0 Å². The molecule has 1 aliphatic carbocycles. The van der Waals surface area contributed by atoms with Crippen molar-refractivity contribution in [2.24, 2.45) is 5.41 Å². The number of aromatic nitrogens is 3. The SMILES string of the molecule is CCC(=O)N1CC(N(C)c2ncnc3[nH]ccc23)C2(CC2)C1. The number of carbonyl (C=O) groups excluding carboxylic acids is 1. The van der Waals surface area contributed by atoms with Crippen molar-refractivity contribution in [2.45, 2.75) is 32.2 Å². The molecule has 6 heteroatoms. The third-order valence-electron chi connectivity index (χ3n) is 5.29. The average molecular weight is 299 g/mol. The van der Waals surface area contributed by atoms with Crippen LogP contribution in [0.1, 0.15) is 26.2 Å². The van der Waals surface area contributed by atoms with Crippen LogP contribution in [-0.2, 0) is 4.79 Å². The summed E-state index contributed by atoms with van der Waals surface area (Å²) in [5.41, 5.74) is 1.13. The Morgan fingerprint density at radius 3 is 3.05 bits per heavy atom. The maximum Gasteiger partial charge on any atom is 0.222 e. The first-order valence-electron chi connectivity index (χ1n) is 7.93. The molecule has 0 bridgehead atoms. The molecule has 2 aromatic heterocycles. The third-order valence-corrected chi connectivity index (χ3v) is 5.29. The second-order valence-electron chi connectivity index (χ2n) is 6.55. The first-order valence-corrected chi connectivity index (χ1v) is 7.93. The highest BCUT2D eigenvalue weighted by atomic mass is 16.2. The van der Waals surface area contributed by atoms with Crippen LogP contribution < -0.4 is 4.90 Å². The highest BCUT2D eigenvalue weighted by Gasteiger charge is 2.57. The van der Waals surface area contributed by atoms with Crippen molar-refractivity contribution in [3.8, 4) is 0 Å². The fourth-order valence-corrected chi connectivity index (χ4v) is 3.84. The summed E-state index contributed by atoms with van der Waals surface area (Å²) < 4.78 is 0. The Balaban J connectivity index is 1.66. The van der Waals surface area contributed by atoms with Gasteiger partial charge < -0.3 is 14.8 Å². The molecule has 0 aromatic carbocycles. The van der Waals surface area contributed by atoms with Crippen molar-refractivity contribution < 1.29 is 4.79 Å². The largest absolute Gasteiger partial charge is 0.354 e. The molecule has 22 heavy (non-hydrogen) atoms. The number of hydrogen-bond acceptors (Lipinski definition) is 4. The Morgan fingerprint density at radius 2 is 2.32 bits per heavy atom. The number of nitrogens with zero attached hydrogens (tertiary/aromatic N) is 4. The first-order chi connectivity index (χ1) is 10.6. The van der Waals surface area contributed by atoms with Gasteiger partial charge >= 0.3 is 0 Å². The molecule has 2 aromatic rings. The predicted molar refractivity (Wildman–Crippen MR) is 84.6 cm³/mol. The molecule has 6 nitrogen and oxygen atoms in total. The summed E-state index contributed by atoms with van der Waals surface area (Å²) in [5.74, 6) is 1.21. The van der Waals surface area contributed by atoms with E-state index >= 15 is 0 Å². The van der Waals surface area contributed by atoms with E-state index in [1.165, 1.54) is 12.8 Å². The Labute approximate surface area is 129 Å². The van der Waals surface area contributed by atoms with Crippen molar-refractivity contribution in [1.82, 2.24) is 19.9 Å². The van der Waals surface area contributed by atoms with Crippen LogP contribution in [0.5, 0.6) is 0 Å². The van der Waals surface area contributed by atoms with Gasteiger partial charge in [-0.05, 0) is 18.9 Å². The zero-order valence-electron chi connectivity index (χ0n) is 13.0. The van der Waals surface area contributed by atoms with E-state index in [2.05, 4.69) is 26.9 Å². The van der Waals surface area contributed by atoms with Crippen LogP contribution in [-0.4, -0.2) is 51.9 Å². The van der Waals surface area contributed by atoms with Crippen LogP contribution in [0.25, 0.3) is 11.0 Å². The lowest BCUT2D eigenvalue weighted by Gasteiger charge is -2.30. The van der Waals surface area contributed by atoms with Gasteiger partial charge in [0.2, 0.25) is 5.91 Å². The van der Waals surface area contributed by atoms with Crippen molar-refractivity contribution in [1.29, 1.82) is 0 Å². The van der Waals surface area contributed by atoms with Gasteiger partial charge in [-0.25, -0.2) is 9.97 Å². The lowest BCUT2D eigenvalue weighted by molar-refractivity contribution is -0.130. The highest BCUT2D eigenvalue weighted by molar-refractivity contribution is 5.87. The van der Waals surface area contributed by atoms with Crippen LogP contribution in [0.3, 0.4) is 0 Å². The van der Waals surface area contributed by atoms with Gasteiger partial charge in [-0.1, -0.05) is 6.92 Å². The normalized spacial score (nSPS) is 22.5. The van der Waals surface area contributed by atoms with Crippen molar-refractivity contribution in [3.63, 3.8) is 0 Å². The number of anilines is 1. The van der Waals surface area contributed by atoms with E-state index in [1.807, 2.05) is 24.1 Å². The summed E-state index contributed by atoms with van der Waals surface area (Å²) >= 11 is 0. The second-order valence-corrected chi connectivity index (χ2v) is 6.55. The number of likely N-dealkylation sites (tertiary alicyclic amines) is 1. The number of H-pyrrole nitrogens is 1. The standard InChI is InChI=1S/C16H21N5O/c1-3-13(22)21-8-12(16(9-21)5-6-16)20(2)15-11-4-7-17-14(11)18-10-19-15/h4,7,10,12H,3,5-6,8-9H2,1-2H3,(H,17,18,19). The van der Waals surface area contributed by atoms with Gasteiger partial charge in [0.1, 0.15) is 17.8 Å². The van der Waals surface area contributed by atoms with Gasteiger partial charge in [0.05, 0.1) is 11.4 Å². The molecule has 1 N–H and O–H groups in total. The zero-order chi connectivity index (χ0) is 15.3. The van der Waals surface area contributed by atoms with E-state index in [9.17, 15) is 4.79 Å². The topological polar surface area (TPSA) is 65.1 Å². The minimum Gasteiger partial charge on any atom is -0.354 e. The first kappa shape index (κ1) is 13.5. The Kier molecular flexibility index (Phi) is 2.89. The smallest absolute Gasteiger partial charge is 0.222 e. The lowest BCUT2D eigenvalue weighted by atomic mass is 9.99. The van der Waals surface area contributed by atoms with Gasteiger partial charge in [0, 0.05) is 38.2 Å². The molecule has 1 amide bonds. The average Bonchev–Trinajstić information content (AvgIpc) is 2.99. The molecule has 116 valence electrons. The number of aromatic amines is 1. The molecule has 1 saturated carbocycles. The van der Waals surface area contributed by atoms with Gasteiger partial charge in [-0.3, -0.25) is 4.79 Å². The fourth-order valence-electron chi connectivity index (χ4n) is 3.84. The summed E-state index contributed by atoms with van der Waals surface area (Å²) in [7, 11) is 2.10. The van der Waals surface area contributed by atoms with E-state index in [4.69, 9.17) is 0 Å². The maximum atomic E-state index is 12.1. The number of carbonyl (C=O) groups is 1. The van der Waals surface area contributed by atoms with Crippen molar-refractivity contribution in [2.75, 3.05) is 25.0 Å². The molecule has 2 aliphatic rings. The maximum absolute atomic E-state index is 12.1. The molecule has 0 radical (unpaired) electrons. The molecule has 1 atom stereocenters. The molecule has 3 heterocycles. The number of nitrogens with one attached hydrogen (secondary N) is 1. The molecule has 1 spiro atoms. The quantitative estimate of drug-likeness (QED) is 0.938. The third kappa shape index (κ3) is 1.90. The van der Waals surface area contributed by atoms with E-state index in [0.29, 0.717) is 12.5 Å². The Bertz CT molecular complexity index is 720. The number of rotatable bonds is 3. The van der Waals surface area contributed by atoms with E-state index in [0.717, 1.165) is 29.9 Å². The van der Waals surface area contributed by atoms with Gasteiger partial charge in [-0.2, -0.15) is 0 Å². The zero-order valence-corrected chi connectivity index (χ0v) is 13.0. The van der Waals surface area contributed by atoms with Crippen LogP contribution in [0.2, 0.25) is 0 Å². The monoisotopic (exact) mass is 299 g/mol. The summed E-state index contributed by atoms with van der Waals surface area (Å²) in [6.45, 7) is 3.64. The molecule has 1 saturated heterocycles. The summed E-state index contributed by atoms with van der Waals surface area (Å²) in [6.07, 6.45) is 6.50. The van der Waals surface area contributed by atoms with E-state index < -0.39 is 0 Å². The number of fused-ring (bicyclic) bond motifs is 1. The van der Waals surface area contributed by atoms with Crippen LogP contribution >= 0.6 is 0 Å². The van der Waals surface area contributed by atoms with Crippen molar-refractivity contribution >= 4 is 22.8 Å². The van der Waals surface area contributed by atoms with Crippen molar-refractivity contribution in [3.05, 3.63) is 18.6 Å². The summed E-state index contributed by atoms with van der Waals surface area (Å²) in [6, 6.07) is 2.36. The lowest BCUT2D eigenvalue weighted by Crippen LogP contribution is -2.40. The summed E-state index contributed by atoms with van der Waals surface area (Å²) in [5, 5.41) is 1.04. The van der Waals surface area contributed by atoms with Gasteiger partial charge in [0.25, 0.3) is 0 Å². The number of hydrogen-bond donors (Lipinski definition) is 1. The number of amides is 1. The fraction of sp³-hybridized carbons (Fsp3) is 0.562. The van der Waals surface area contributed by atoms with Crippen LogP contribution in [0.15, 0.2) is 18.6 Å². The molecule has 4 rings (SSSR count).